The van der Waals surface area contributed by atoms with Crippen molar-refractivity contribution in [2.45, 2.75) is 16.7 Å². The Morgan fingerprint density at radius 1 is 1.12 bits per heavy atom. The molecule has 3 aromatic rings. The number of anilines is 1. The highest BCUT2D eigenvalue weighted by Gasteiger charge is 2.28. The smallest absolute Gasteiger partial charge is 0.191 e. The molecular formula is C23H21N5O3S2. The standard InChI is InChI=1S/C23H21N5O3S2/c1-27-18-6-4-5-7-20(18)33-22(27)17(12-24)19(29)14-32-23-26-25-21(28(23)2)13-31-16-10-8-15(30-3)9-11-16/h4-11H,13-14H2,1-3H3. The summed E-state index contributed by atoms with van der Waals surface area (Å²) in [6, 6.07) is 17.2. The lowest BCUT2D eigenvalue weighted by Crippen LogP contribution is -2.16. The molecule has 0 amide bonds. The van der Waals surface area contributed by atoms with Crippen LogP contribution in [0.2, 0.25) is 0 Å². The second-order valence-electron chi connectivity index (χ2n) is 7.05. The number of nitrogens with zero attached hydrogens (tertiary/aromatic N) is 5. The summed E-state index contributed by atoms with van der Waals surface area (Å²) in [6.07, 6.45) is 0. The Hall–Kier alpha value is -3.42. The third kappa shape index (κ3) is 4.84. The Morgan fingerprint density at radius 2 is 1.85 bits per heavy atom. The molecule has 2 aromatic carbocycles. The van der Waals surface area contributed by atoms with E-state index in [0.29, 0.717) is 21.8 Å². The quantitative estimate of drug-likeness (QED) is 0.269. The maximum atomic E-state index is 12.9. The van der Waals surface area contributed by atoms with E-state index in [1.807, 2.05) is 67.5 Å². The van der Waals surface area contributed by atoms with Crippen LogP contribution in [0.1, 0.15) is 5.82 Å². The average Bonchev–Trinajstić information content (AvgIpc) is 3.36. The summed E-state index contributed by atoms with van der Waals surface area (Å²) in [5.41, 5.74) is 1.14. The number of para-hydroxylation sites is 1. The molecule has 0 saturated heterocycles. The molecule has 2 heterocycles. The first kappa shape index (κ1) is 22.8. The van der Waals surface area contributed by atoms with E-state index in [0.717, 1.165) is 16.3 Å². The summed E-state index contributed by atoms with van der Waals surface area (Å²) < 4.78 is 12.7. The van der Waals surface area contributed by atoms with Gasteiger partial charge in [-0.05, 0) is 36.4 Å². The van der Waals surface area contributed by atoms with Gasteiger partial charge in [-0.25, -0.2) is 0 Å². The maximum absolute atomic E-state index is 12.9. The van der Waals surface area contributed by atoms with Crippen LogP contribution in [0.5, 0.6) is 11.5 Å². The highest BCUT2D eigenvalue weighted by molar-refractivity contribution is 8.03. The monoisotopic (exact) mass is 479 g/mol. The molecule has 0 aliphatic carbocycles. The van der Waals surface area contributed by atoms with Crippen molar-refractivity contribution in [2.75, 3.05) is 24.8 Å². The highest BCUT2D eigenvalue weighted by Crippen LogP contribution is 2.46. The van der Waals surface area contributed by atoms with Crippen LogP contribution in [0.15, 0.2) is 69.2 Å². The van der Waals surface area contributed by atoms with Gasteiger partial charge in [0.15, 0.2) is 16.8 Å². The van der Waals surface area contributed by atoms with Gasteiger partial charge in [0.2, 0.25) is 0 Å². The fraction of sp³-hybridized carbons (Fsp3) is 0.217. The third-order valence-electron chi connectivity index (χ3n) is 5.03. The molecule has 1 aromatic heterocycles. The Morgan fingerprint density at radius 3 is 2.55 bits per heavy atom. The number of nitriles is 1. The van der Waals surface area contributed by atoms with Crippen LogP contribution in [0, 0.1) is 11.3 Å². The molecule has 0 fully saturated rings. The summed E-state index contributed by atoms with van der Waals surface area (Å²) in [6.45, 7) is 0.234. The summed E-state index contributed by atoms with van der Waals surface area (Å²) in [5, 5.41) is 19.2. The second kappa shape index (κ2) is 10.0. The number of ketones is 1. The number of ether oxygens (including phenoxy) is 2. The molecule has 33 heavy (non-hydrogen) atoms. The Balaban J connectivity index is 1.39. The number of methoxy groups -OCH3 is 1. The van der Waals surface area contributed by atoms with Crippen molar-refractivity contribution in [3.63, 3.8) is 0 Å². The normalized spacial score (nSPS) is 13.9. The van der Waals surface area contributed by atoms with Crippen molar-refractivity contribution < 1.29 is 14.3 Å². The zero-order valence-corrected chi connectivity index (χ0v) is 19.9. The SMILES string of the molecule is COc1ccc(OCc2nnc(SCC(=O)C(C#N)=C3Sc4ccccc4N3C)n2C)cc1. The number of benzene rings is 2. The van der Waals surface area contributed by atoms with Crippen LogP contribution >= 0.6 is 23.5 Å². The molecule has 0 radical (unpaired) electrons. The Labute approximate surface area is 200 Å². The number of aromatic nitrogens is 3. The van der Waals surface area contributed by atoms with Gasteiger partial charge in [-0.2, -0.15) is 5.26 Å². The second-order valence-corrected chi connectivity index (χ2v) is 9.03. The van der Waals surface area contributed by atoms with Gasteiger partial charge in [0, 0.05) is 19.0 Å². The molecule has 8 nitrogen and oxygen atoms in total. The number of thioether (sulfide) groups is 2. The zero-order valence-electron chi connectivity index (χ0n) is 18.3. The van der Waals surface area contributed by atoms with E-state index < -0.39 is 0 Å². The number of rotatable bonds is 8. The minimum Gasteiger partial charge on any atom is -0.497 e. The van der Waals surface area contributed by atoms with Crippen molar-refractivity contribution in [2.24, 2.45) is 7.05 Å². The molecule has 4 rings (SSSR count). The maximum Gasteiger partial charge on any atom is 0.191 e. The van der Waals surface area contributed by atoms with Crippen molar-refractivity contribution >= 4 is 35.0 Å². The van der Waals surface area contributed by atoms with Crippen LogP contribution in [0.3, 0.4) is 0 Å². The first-order valence-corrected chi connectivity index (χ1v) is 11.8. The lowest BCUT2D eigenvalue weighted by atomic mass is 10.2. The molecule has 0 spiro atoms. The van der Waals surface area contributed by atoms with Gasteiger partial charge in [-0.1, -0.05) is 35.7 Å². The van der Waals surface area contributed by atoms with E-state index in [4.69, 9.17) is 9.47 Å². The lowest BCUT2D eigenvalue weighted by Gasteiger charge is -2.14. The summed E-state index contributed by atoms with van der Waals surface area (Å²) in [5.74, 6) is 1.90. The predicted molar refractivity (Wildman–Crippen MR) is 127 cm³/mol. The molecule has 0 unspecified atom stereocenters. The van der Waals surface area contributed by atoms with E-state index in [1.165, 1.54) is 23.5 Å². The lowest BCUT2D eigenvalue weighted by molar-refractivity contribution is -0.112. The number of carbonyl (C=O) groups excluding carboxylic acids is 1. The predicted octanol–water partition coefficient (Wildman–Crippen LogP) is 4.04. The zero-order chi connectivity index (χ0) is 23.4. The number of hydrogen-bond donors (Lipinski definition) is 0. The molecule has 0 saturated carbocycles. The molecule has 0 N–H and O–H groups in total. The summed E-state index contributed by atoms with van der Waals surface area (Å²) in [7, 11) is 5.29. The van der Waals surface area contributed by atoms with Crippen LogP contribution in [-0.2, 0) is 18.4 Å². The van der Waals surface area contributed by atoms with Gasteiger partial charge < -0.3 is 18.9 Å². The number of Topliss-reactive ketones (excluding diaryl/α,β-unsaturated/α-hetero) is 1. The van der Waals surface area contributed by atoms with Gasteiger partial charge in [-0.15, -0.1) is 10.2 Å². The number of hydrogen-bond acceptors (Lipinski definition) is 9. The van der Waals surface area contributed by atoms with Crippen LogP contribution in [-0.4, -0.2) is 40.5 Å². The Bertz CT molecular complexity index is 1250. The molecule has 168 valence electrons. The van der Waals surface area contributed by atoms with Crippen molar-refractivity contribution in [3.05, 3.63) is 65.0 Å². The third-order valence-corrected chi connectivity index (χ3v) is 7.28. The fourth-order valence-electron chi connectivity index (χ4n) is 3.17. The first-order valence-electron chi connectivity index (χ1n) is 9.98. The van der Waals surface area contributed by atoms with Crippen molar-refractivity contribution in [1.29, 1.82) is 5.26 Å². The van der Waals surface area contributed by atoms with Crippen LogP contribution in [0.25, 0.3) is 0 Å². The number of fused-ring (bicyclic) bond motifs is 1. The minimum atomic E-state index is -0.247. The van der Waals surface area contributed by atoms with Crippen LogP contribution < -0.4 is 14.4 Å². The highest BCUT2D eigenvalue weighted by atomic mass is 32.2. The number of carbonyl (C=O) groups is 1. The Kier molecular flexibility index (Phi) is 6.91. The van der Waals surface area contributed by atoms with Gasteiger partial charge in [0.05, 0.1) is 18.6 Å². The molecule has 1 aliphatic rings. The molecule has 1 aliphatic heterocycles. The fourth-order valence-corrected chi connectivity index (χ4v) is 5.13. The van der Waals surface area contributed by atoms with Crippen molar-refractivity contribution in [1.82, 2.24) is 14.8 Å². The van der Waals surface area contributed by atoms with Gasteiger partial charge in [-0.3, -0.25) is 4.79 Å². The van der Waals surface area contributed by atoms with Crippen molar-refractivity contribution in [3.8, 4) is 17.6 Å². The average molecular weight is 480 g/mol. The topological polar surface area (TPSA) is 93.3 Å². The van der Waals surface area contributed by atoms with Crippen LogP contribution in [0.4, 0.5) is 5.69 Å². The molecular weight excluding hydrogens is 458 g/mol. The van der Waals surface area contributed by atoms with Gasteiger partial charge in [0.25, 0.3) is 0 Å². The molecule has 0 atom stereocenters. The largest absolute Gasteiger partial charge is 0.497 e. The van der Waals surface area contributed by atoms with E-state index in [-0.39, 0.29) is 23.7 Å². The van der Waals surface area contributed by atoms with Gasteiger partial charge >= 0.3 is 0 Å². The molecule has 10 heteroatoms. The van der Waals surface area contributed by atoms with E-state index in [9.17, 15) is 10.1 Å². The summed E-state index contributed by atoms with van der Waals surface area (Å²) in [4.78, 5) is 15.8. The van der Waals surface area contributed by atoms with Gasteiger partial charge in [0.1, 0.15) is 34.8 Å². The van der Waals surface area contributed by atoms with E-state index in [1.54, 1.807) is 11.7 Å². The minimum absolute atomic E-state index is 0.0858. The first-order chi connectivity index (χ1) is 16.0. The molecule has 0 bridgehead atoms. The summed E-state index contributed by atoms with van der Waals surface area (Å²) >= 11 is 2.68. The van der Waals surface area contributed by atoms with E-state index >= 15 is 0 Å². The number of allylic oxidation sites excluding steroid dienone is 1. The van der Waals surface area contributed by atoms with E-state index in [2.05, 4.69) is 16.3 Å².